The number of nitrogen functional groups attached to an aromatic ring is 1. The Labute approximate surface area is 405 Å². The minimum atomic E-state index is -5.77. The van der Waals surface area contributed by atoms with Crippen LogP contribution in [0.25, 0.3) is 11.0 Å². The standard InChI is InChI=1S/C42H68FN5O18P2S/c1-6-7-8-9-10-11-12-13-14-15-16-17-18-19-20-21-30(52)58-22-28(43)36-38(60-25(2)49)39(61-26(3)50)40(62-27(4)51)42(64-36)65-67(55,56)66-68(57,69)59-23-29-34(53)35(54)37(63-29)32-31-33(48(5)47-32)41(44)46-24-45-31/h24,28-29,34-40,42,53-54H,6-23H2,1-5H3,(H,55,56)(H,57,69)(H2,44,45,46)/t28-,29+,34-,35+,36?,37-,38+,39-,40+,42-,68?/m0/s1. The summed E-state index contributed by atoms with van der Waals surface area (Å²) in [5.74, 6) is -3.89. The van der Waals surface area contributed by atoms with Gasteiger partial charge in [0.1, 0.15) is 60.2 Å². The van der Waals surface area contributed by atoms with Gasteiger partial charge in [0, 0.05) is 34.2 Å². The molecule has 2 saturated heterocycles. The van der Waals surface area contributed by atoms with Gasteiger partial charge in [0.2, 0.25) is 6.29 Å². The number of carbonyl (C=O) groups is 4. The van der Waals surface area contributed by atoms with E-state index in [-0.39, 0.29) is 23.4 Å². The predicted molar refractivity (Wildman–Crippen MR) is 246 cm³/mol. The molecule has 0 aromatic carbocycles. The van der Waals surface area contributed by atoms with Gasteiger partial charge in [0.05, 0.1) is 6.61 Å². The quantitative estimate of drug-likeness (QED) is 0.0293. The maximum Gasteiger partial charge on any atom is 0.481 e. The SMILES string of the molecule is CCCCCCCCCCCCCCCCCC(=O)OC[C@H](F)C1O[C@@H](OP(=O)(O)OP(O)(=S)OC[C@H]2O[C@@H](c3nn(C)c4c(N)ncnc34)[C@H](O)[C@H]2O)[C@H](OC(C)=O)[C@@H](OC(C)=O)[C@@H]1OC(C)=O. The molecule has 0 bridgehead atoms. The first-order chi connectivity index (χ1) is 32.6. The number of alkyl halides is 1. The summed E-state index contributed by atoms with van der Waals surface area (Å²) in [7, 11) is -4.23. The van der Waals surface area contributed by atoms with Crippen LogP contribution < -0.4 is 5.73 Å². The van der Waals surface area contributed by atoms with E-state index in [4.69, 9.17) is 59.3 Å². The van der Waals surface area contributed by atoms with Crippen LogP contribution in [-0.4, -0.2) is 132 Å². The van der Waals surface area contributed by atoms with Crippen LogP contribution in [-0.2, 0) is 84.4 Å². The van der Waals surface area contributed by atoms with Crippen molar-refractivity contribution < 1.29 is 89.9 Å². The van der Waals surface area contributed by atoms with E-state index in [1.807, 2.05) is 0 Å². The second-order valence-corrected chi connectivity index (χ2v) is 21.4. The summed E-state index contributed by atoms with van der Waals surface area (Å²) in [6.07, 6.45) is -0.876. The topological polar surface area (TPSA) is 319 Å². The fraction of sp³-hybridized carbons (Fsp3) is 0.786. The molecule has 2 aromatic rings. The largest absolute Gasteiger partial charge is 0.481 e. The van der Waals surface area contributed by atoms with Gasteiger partial charge in [-0.25, -0.2) is 23.2 Å². The second-order valence-electron chi connectivity index (χ2n) is 17.1. The second kappa shape index (κ2) is 28.1. The third-order valence-corrected chi connectivity index (χ3v) is 14.9. The number of phosphoric ester groups is 1. The zero-order valence-corrected chi connectivity index (χ0v) is 42.2. The highest BCUT2D eigenvalue weighted by molar-refractivity contribution is 8.08. The molecule has 0 spiro atoms. The fourth-order valence-corrected chi connectivity index (χ4v) is 11.2. The number of nitrogens with two attached hydrogens (primary N) is 1. The lowest BCUT2D eigenvalue weighted by Crippen LogP contribution is -2.64. The molecule has 2 aromatic heterocycles. The first-order valence-electron chi connectivity index (χ1n) is 23.3. The number of aliphatic hydroxyl groups is 2. The number of carbonyl (C=O) groups excluding carboxylic acids is 4. The average Bonchev–Trinajstić information content (AvgIpc) is 3.75. The zero-order valence-electron chi connectivity index (χ0n) is 39.6. The van der Waals surface area contributed by atoms with Crippen molar-refractivity contribution in [2.75, 3.05) is 18.9 Å². The van der Waals surface area contributed by atoms with Gasteiger partial charge in [0.15, 0.2) is 30.3 Å². The number of hydrogen-bond acceptors (Lipinski definition) is 21. The molecule has 2 fully saturated rings. The molecule has 69 heavy (non-hydrogen) atoms. The van der Waals surface area contributed by atoms with Crippen LogP contribution in [0, 0.1) is 0 Å². The highest BCUT2D eigenvalue weighted by atomic mass is 32.5. The van der Waals surface area contributed by atoms with Crippen molar-refractivity contribution in [1.29, 1.82) is 0 Å². The molecule has 27 heteroatoms. The number of phosphoric acid groups is 1. The molecule has 2 aliphatic heterocycles. The maximum atomic E-state index is 16.2. The number of esters is 4. The van der Waals surface area contributed by atoms with Crippen molar-refractivity contribution in [2.45, 2.75) is 192 Å². The van der Waals surface area contributed by atoms with E-state index in [1.165, 1.54) is 69.5 Å². The number of unbranched alkanes of at least 4 members (excludes halogenated alkanes) is 14. The molecular weight excluding hydrogens is 975 g/mol. The number of ether oxygens (including phenoxy) is 6. The number of aryl methyl sites for hydroxylation is 1. The van der Waals surface area contributed by atoms with Gasteiger partial charge in [-0.1, -0.05) is 96.8 Å². The van der Waals surface area contributed by atoms with Gasteiger partial charge in [-0.3, -0.25) is 28.4 Å². The maximum absolute atomic E-state index is 16.2. The van der Waals surface area contributed by atoms with Crippen LogP contribution in [0.4, 0.5) is 10.2 Å². The number of anilines is 1. The van der Waals surface area contributed by atoms with Crippen molar-refractivity contribution >= 4 is 67.1 Å². The first-order valence-corrected chi connectivity index (χ1v) is 27.3. The van der Waals surface area contributed by atoms with Crippen LogP contribution in [0.3, 0.4) is 0 Å². The first kappa shape index (κ1) is 58.3. The van der Waals surface area contributed by atoms with E-state index in [0.717, 1.165) is 59.2 Å². The van der Waals surface area contributed by atoms with Gasteiger partial charge in [0.25, 0.3) is 0 Å². The summed E-state index contributed by atoms with van der Waals surface area (Å²) < 4.78 is 78.5. The fourth-order valence-electron chi connectivity index (χ4n) is 8.09. The van der Waals surface area contributed by atoms with E-state index in [2.05, 4.69) is 22.0 Å². The Morgan fingerprint density at radius 3 is 1.93 bits per heavy atom. The molecule has 0 saturated carbocycles. The van der Waals surface area contributed by atoms with E-state index in [9.17, 15) is 43.7 Å². The molecule has 392 valence electrons. The van der Waals surface area contributed by atoms with E-state index in [1.54, 1.807) is 0 Å². The normalized spacial score (nSPS) is 25.9. The number of halogens is 1. The van der Waals surface area contributed by atoms with Crippen LogP contribution >= 0.6 is 14.5 Å². The Hall–Kier alpha value is -3.32. The van der Waals surface area contributed by atoms with Crippen molar-refractivity contribution in [3.05, 3.63) is 12.0 Å². The molecule has 0 aliphatic carbocycles. The highest BCUT2D eigenvalue weighted by Crippen LogP contribution is 2.62. The van der Waals surface area contributed by atoms with Gasteiger partial charge in [-0.15, -0.1) is 0 Å². The lowest BCUT2D eigenvalue weighted by atomic mass is 9.95. The smallest absolute Gasteiger partial charge is 0.462 e. The molecule has 0 radical (unpaired) electrons. The van der Waals surface area contributed by atoms with Gasteiger partial charge in [-0.05, 0) is 18.2 Å². The Bertz CT molecular complexity index is 2090. The van der Waals surface area contributed by atoms with E-state index < -0.39 is 113 Å². The van der Waals surface area contributed by atoms with E-state index in [0.29, 0.717) is 11.9 Å². The molecule has 12 atom stereocenters. The van der Waals surface area contributed by atoms with E-state index >= 15 is 4.39 Å². The summed E-state index contributed by atoms with van der Waals surface area (Å²) >= 11 is 4.93. The molecular formula is C42H68FN5O18P2S. The number of rotatable bonds is 30. The van der Waals surface area contributed by atoms with Gasteiger partial charge < -0.3 is 58.7 Å². The number of aromatic nitrogens is 4. The molecule has 23 nitrogen and oxygen atoms in total. The van der Waals surface area contributed by atoms with Crippen LogP contribution in [0.2, 0.25) is 0 Å². The third-order valence-electron chi connectivity index (χ3n) is 11.3. The molecule has 6 N–H and O–H groups in total. The molecule has 2 aliphatic rings. The molecule has 3 unspecified atom stereocenters. The van der Waals surface area contributed by atoms with Crippen LogP contribution in [0.15, 0.2) is 6.33 Å². The summed E-state index contributed by atoms with van der Waals surface area (Å²) in [6, 6.07) is 0. The number of aliphatic hydroxyl groups excluding tert-OH is 2. The number of nitrogens with zero attached hydrogens (tertiary/aromatic N) is 4. The lowest BCUT2D eigenvalue weighted by Gasteiger charge is -2.45. The monoisotopic (exact) mass is 1040 g/mol. The Morgan fingerprint density at radius 1 is 0.826 bits per heavy atom. The predicted octanol–water partition coefficient (Wildman–Crippen LogP) is 5.14. The summed E-state index contributed by atoms with van der Waals surface area (Å²) in [6.45, 7) is -1.78. The summed E-state index contributed by atoms with van der Waals surface area (Å²) in [4.78, 5) is 79.4. The minimum Gasteiger partial charge on any atom is -0.462 e. The van der Waals surface area contributed by atoms with Crippen molar-refractivity contribution in [3.8, 4) is 0 Å². The zero-order chi connectivity index (χ0) is 50.9. The molecule has 4 heterocycles. The van der Waals surface area contributed by atoms with Gasteiger partial charge in [-0.2, -0.15) is 5.10 Å². The number of fused-ring (bicyclic) bond motifs is 1. The van der Waals surface area contributed by atoms with Crippen LogP contribution in [0.1, 0.15) is 142 Å². The Balaban J connectivity index is 1.35. The minimum absolute atomic E-state index is 0.0280. The highest BCUT2D eigenvalue weighted by Gasteiger charge is 2.57. The summed E-state index contributed by atoms with van der Waals surface area (Å²) in [5.41, 5.74) is 6.53. The Morgan fingerprint density at radius 2 is 1.36 bits per heavy atom. The van der Waals surface area contributed by atoms with Crippen molar-refractivity contribution in [3.63, 3.8) is 0 Å². The lowest BCUT2D eigenvalue weighted by molar-refractivity contribution is -0.296. The summed E-state index contributed by atoms with van der Waals surface area (Å²) in [5, 5.41) is 25.9. The molecule has 4 rings (SSSR count). The Kier molecular flexibility index (Phi) is 23.7. The van der Waals surface area contributed by atoms with Gasteiger partial charge >= 0.3 is 38.4 Å². The van der Waals surface area contributed by atoms with Crippen molar-refractivity contribution in [2.24, 2.45) is 7.05 Å². The third kappa shape index (κ3) is 18.3. The van der Waals surface area contributed by atoms with Crippen LogP contribution in [0.5, 0.6) is 0 Å². The molecule has 0 amide bonds. The average molecular weight is 1040 g/mol. The number of hydrogen-bond donors (Lipinski definition) is 5. The van der Waals surface area contributed by atoms with Crippen molar-refractivity contribution in [1.82, 2.24) is 19.7 Å².